The highest BCUT2D eigenvalue weighted by atomic mass is 32.2. The normalized spacial score (nSPS) is 12.2. The van der Waals surface area contributed by atoms with E-state index in [-0.39, 0.29) is 0 Å². The molecular formula is C30H24S4. The van der Waals surface area contributed by atoms with Crippen molar-refractivity contribution in [1.82, 2.24) is 0 Å². The number of thioether (sulfide) groups is 2. The quantitative estimate of drug-likeness (QED) is 0.170. The molecule has 0 bridgehead atoms. The van der Waals surface area contributed by atoms with E-state index in [4.69, 9.17) is 0 Å². The van der Waals surface area contributed by atoms with Crippen LogP contribution in [0.5, 0.6) is 0 Å². The topological polar surface area (TPSA) is 0 Å². The zero-order valence-electron chi connectivity index (χ0n) is 19.6. The number of fused-ring (bicyclic) bond motifs is 4. The van der Waals surface area contributed by atoms with Gasteiger partial charge in [-0.2, -0.15) is 0 Å². The van der Waals surface area contributed by atoms with Crippen molar-refractivity contribution >= 4 is 100 Å². The molecule has 0 saturated carbocycles. The largest absolute Gasteiger partial charge is 0.141 e. The summed E-state index contributed by atoms with van der Waals surface area (Å²) in [7, 11) is 0. The van der Waals surface area contributed by atoms with Crippen LogP contribution in [0.3, 0.4) is 0 Å². The maximum Gasteiger partial charge on any atom is 0.0351 e. The highest BCUT2D eigenvalue weighted by Gasteiger charge is 2.09. The summed E-state index contributed by atoms with van der Waals surface area (Å²) in [6, 6.07) is 23.4. The van der Waals surface area contributed by atoms with Gasteiger partial charge in [0, 0.05) is 28.9 Å². The second kappa shape index (κ2) is 8.76. The van der Waals surface area contributed by atoms with Gasteiger partial charge >= 0.3 is 0 Å². The van der Waals surface area contributed by atoms with Gasteiger partial charge in [0.1, 0.15) is 0 Å². The van der Waals surface area contributed by atoms with Crippen molar-refractivity contribution in [3.05, 3.63) is 81.5 Å². The lowest BCUT2D eigenvalue weighted by atomic mass is 10.0. The van der Waals surface area contributed by atoms with E-state index < -0.39 is 0 Å². The summed E-state index contributed by atoms with van der Waals surface area (Å²) < 4.78 is 2.74. The van der Waals surface area contributed by atoms with Crippen LogP contribution in [0.1, 0.15) is 20.9 Å². The smallest absolute Gasteiger partial charge is 0.0351 e. The molecule has 0 aliphatic heterocycles. The number of benzene rings is 4. The molecule has 0 fully saturated rings. The molecule has 0 saturated heterocycles. The van der Waals surface area contributed by atoms with Gasteiger partial charge in [-0.25, -0.2) is 0 Å². The highest BCUT2D eigenvalue weighted by molar-refractivity contribution is 7.99. The Balaban J connectivity index is 1.46. The average Bonchev–Trinajstić information content (AvgIpc) is 3.37. The molecule has 0 atom stereocenters. The Bertz CT molecular complexity index is 1620. The fourth-order valence-electron chi connectivity index (χ4n) is 4.73. The molecule has 4 heteroatoms. The summed E-state index contributed by atoms with van der Waals surface area (Å²) in [6.07, 6.45) is 8.93. The van der Waals surface area contributed by atoms with Crippen LogP contribution < -0.4 is 0 Å². The van der Waals surface area contributed by atoms with Crippen molar-refractivity contribution in [2.75, 3.05) is 12.5 Å². The highest BCUT2D eigenvalue weighted by Crippen LogP contribution is 2.36. The summed E-state index contributed by atoms with van der Waals surface area (Å²) in [6.45, 7) is 4.38. The molecule has 0 nitrogen and oxygen atoms in total. The monoisotopic (exact) mass is 512 g/mol. The van der Waals surface area contributed by atoms with Crippen molar-refractivity contribution in [2.45, 2.75) is 23.6 Å². The second-order valence-electron chi connectivity index (χ2n) is 8.71. The number of hydrogen-bond donors (Lipinski definition) is 0. The summed E-state index contributed by atoms with van der Waals surface area (Å²) in [4.78, 5) is 5.37. The molecule has 168 valence electrons. The first-order valence-electron chi connectivity index (χ1n) is 11.2. The maximum absolute atomic E-state index is 2.35. The van der Waals surface area contributed by atoms with Gasteiger partial charge in [-0.1, -0.05) is 12.2 Å². The van der Waals surface area contributed by atoms with E-state index in [9.17, 15) is 0 Å². The van der Waals surface area contributed by atoms with Crippen LogP contribution in [0.4, 0.5) is 0 Å². The zero-order chi connectivity index (χ0) is 23.4. The Labute approximate surface area is 216 Å². The van der Waals surface area contributed by atoms with Crippen molar-refractivity contribution in [1.29, 1.82) is 0 Å². The number of thiophene rings is 2. The van der Waals surface area contributed by atoms with Crippen molar-refractivity contribution in [3.63, 3.8) is 0 Å². The Morgan fingerprint density at radius 1 is 0.500 bits per heavy atom. The first-order chi connectivity index (χ1) is 16.5. The van der Waals surface area contributed by atoms with E-state index in [2.05, 4.69) is 99.2 Å². The SMILES string of the molecule is CSc1cc2cc3sc(C)cc3cc2cc1C=Cc1cc2cc3cc(C)sc3cc2cc1SC. The lowest BCUT2D eigenvalue weighted by Gasteiger charge is -2.09. The lowest BCUT2D eigenvalue weighted by molar-refractivity contribution is 1.46. The molecule has 0 unspecified atom stereocenters. The van der Waals surface area contributed by atoms with E-state index in [1.54, 1.807) is 0 Å². The third-order valence-electron chi connectivity index (χ3n) is 6.34. The van der Waals surface area contributed by atoms with Crippen molar-refractivity contribution in [3.8, 4) is 0 Å². The number of hydrogen-bond acceptors (Lipinski definition) is 4. The summed E-state index contributed by atoms with van der Waals surface area (Å²) in [5.74, 6) is 0. The molecular weight excluding hydrogens is 489 g/mol. The van der Waals surface area contributed by atoms with Gasteiger partial charge < -0.3 is 0 Å². The first-order valence-corrected chi connectivity index (χ1v) is 15.3. The summed E-state index contributed by atoms with van der Waals surface area (Å²) >= 11 is 7.39. The first kappa shape index (κ1) is 22.2. The molecule has 0 aliphatic carbocycles. The van der Waals surface area contributed by atoms with Crippen LogP contribution in [0.2, 0.25) is 0 Å². The number of aryl methyl sites for hydroxylation is 2. The fraction of sp³-hybridized carbons (Fsp3) is 0.133. The van der Waals surface area contributed by atoms with E-state index in [1.165, 1.54) is 72.4 Å². The second-order valence-corrected chi connectivity index (χ2v) is 13.0. The van der Waals surface area contributed by atoms with Gasteiger partial charge in [-0.15, -0.1) is 46.2 Å². The molecule has 2 aromatic heterocycles. The molecule has 2 heterocycles. The van der Waals surface area contributed by atoms with E-state index in [0.29, 0.717) is 0 Å². The maximum atomic E-state index is 2.35. The molecule has 0 radical (unpaired) electrons. The fourth-order valence-corrected chi connectivity index (χ4v) is 7.85. The molecule has 6 aromatic rings. The predicted molar refractivity (Wildman–Crippen MR) is 161 cm³/mol. The Hall–Kier alpha value is -2.24. The third-order valence-corrected chi connectivity index (χ3v) is 9.95. The van der Waals surface area contributed by atoms with Gasteiger partial charge in [-0.05, 0) is 130 Å². The Kier molecular flexibility index (Phi) is 5.73. The van der Waals surface area contributed by atoms with Crippen LogP contribution >= 0.6 is 46.2 Å². The van der Waals surface area contributed by atoms with Crippen LogP contribution in [0, 0.1) is 13.8 Å². The van der Waals surface area contributed by atoms with Gasteiger partial charge in [0.2, 0.25) is 0 Å². The van der Waals surface area contributed by atoms with Gasteiger partial charge in [0.25, 0.3) is 0 Å². The summed E-state index contributed by atoms with van der Waals surface area (Å²) in [5.41, 5.74) is 2.56. The van der Waals surface area contributed by atoms with Gasteiger partial charge in [0.15, 0.2) is 0 Å². The Morgan fingerprint density at radius 2 is 0.912 bits per heavy atom. The van der Waals surface area contributed by atoms with Crippen molar-refractivity contribution in [2.24, 2.45) is 0 Å². The van der Waals surface area contributed by atoms with Crippen LogP contribution in [0.15, 0.2) is 70.5 Å². The minimum Gasteiger partial charge on any atom is -0.141 e. The Morgan fingerprint density at radius 3 is 1.32 bits per heavy atom. The summed E-state index contributed by atoms with van der Waals surface area (Å²) in [5, 5.41) is 7.94. The van der Waals surface area contributed by atoms with Gasteiger partial charge in [0.05, 0.1) is 0 Å². The number of rotatable bonds is 4. The third kappa shape index (κ3) is 3.97. The van der Waals surface area contributed by atoms with Crippen LogP contribution in [-0.4, -0.2) is 12.5 Å². The van der Waals surface area contributed by atoms with E-state index >= 15 is 0 Å². The van der Waals surface area contributed by atoms with Crippen LogP contribution in [-0.2, 0) is 0 Å². The molecule has 0 N–H and O–H groups in total. The standard InChI is InChI=1S/C30H24S4/c1-17-7-25-11-21-9-19(27(31-3)13-23(21)15-29(25)33-17)5-6-20-10-22-12-26-8-18(2)34-30(26)16-24(22)14-28(20)32-4/h5-16H,1-4H3. The predicted octanol–water partition coefficient (Wildman–Crippen LogP) is 10.7. The minimum absolute atomic E-state index is 1.28. The molecule has 0 spiro atoms. The zero-order valence-corrected chi connectivity index (χ0v) is 22.8. The van der Waals surface area contributed by atoms with Gasteiger partial charge in [-0.3, -0.25) is 0 Å². The molecule has 34 heavy (non-hydrogen) atoms. The molecule has 6 rings (SSSR count). The molecule has 0 aliphatic rings. The van der Waals surface area contributed by atoms with E-state index in [0.717, 1.165) is 0 Å². The minimum atomic E-state index is 1.28. The van der Waals surface area contributed by atoms with Crippen molar-refractivity contribution < 1.29 is 0 Å². The lowest BCUT2D eigenvalue weighted by Crippen LogP contribution is -1.84. The van der Waals surface area contributed by atoms with E-state index in [1.807, 2.05) is 46.2 Å². The molecule has 4 aromatic carbocycles. The van der Waals surface area contributed by atoms with Crippen LogP contribution in [0.25, 0.3) is 53.9 Å². The molecule has 0 amide bonds. The average molecular weight is 513 g/mol.